The van der Waals surface area contributed by atoms with Crippen LogP contribution in [0.25, 0.3) is 0 Å². The molecule has 0 fully saturated rings. The van der Waals surface area contributed by atoms with E-state index in [1.165, 1.54) is 33.4 Å². The van der Waals surface area contributed by atoms with Crippen LogP contribution in [0.1, 0.15) is 39.8 Å². The predicted molar refractivity (Wildman–Crippen MR) is 67.5 cm³/mol. The maximum atomic E-state index is 5.58. The average Bonchev–Trinajstić information content (AvgIpc) is 2.24. The van der Waals surface area contributed by atoms with E-state index in [2.05, 4.69) is 34.6 Å². The molecule has 0 aliphatic heterocycles. The molecule has 0 spiro atoms. The van der Waals surface area contributed by atoms with E-state index in [9.17, 15) is 0 Å². The minimum Gasteiger partial charge on any atom is -0.330 e. The molecule has 1 heteroatoms. The Hall–Kier alpha value is -0.820. The first kappa shape index (κ1) is 12.3. The molecule has 84 valence electrons. The van der Waals surface area contributed by atoms with E-state index in [1.807, 2.05) is 0 Å². The van der Waals surface area contributed by atoms with Gasteiger partial charge in [0.1, 0.15) is 0 Å². The fourth-order valence-corrected chi connectivity index (χ4v) is 2.23. The number of hydrogen-bond donors (Lipinski definition) is 1. The quantitative estimate of drug-likeness (QED) is 0.806. The second-order valence-electron chi connectivity index (χ2n) is 4.50. The van der Waals surface area contributed by atoms with E-state index < -0.39 is 0 Å². The fraction of sp³-hybridized carbons (Fsp3) is 0.571. The van der Waals surface area contributed by atoms with Gasteiger partial charge in [0.25, 0.3) is 0 Å². The summed E-state index contributed by atoms with van der Waals surface area (Å²) in [7, 11) is 0. The van der Waals surface area contributed by atoms with Crippen LogP contribution in [0.15, 0.2) is 0 Å². The minimum absolute atomic E-state index is 0.783. The molecule has 1 aromatic rings. The second-order valence-corrected chi connectivity index (χ2v) is 4.50. The molecule has 0 saturated carbocycles. The van der Waals surface area contributed by atoms with Gasteiger partial charge in [0.15, 0.2) is 0 Å². The van der Waals surface area contributed by atoms with Gasteiger partial charge in [0, 0.05) is 0 Å². The van der Waals surface area contributed by atoms with Gasteiger partial charge < -0.3 is 5.73 Å². The lowest BCUT2D eigenvalue weighted by atomic mass is 9.88. The topological polar surface area (TPSA) is 26.0 Å². The predicted octanol–water partition coefficient (Wildman–Crippen LogP) is 3.12. The fourth-order valence-electron chi connectivity index (χ4n) is 2.23. The van der Waals surface area contributed by atoms with E-state index in [-0.39, 0.29) is 0 Å². The van der Waals surface area contributed by atoms with Crippen LogP contribution in [0.5, 0.6) is 0 Å². The highest BCUT2D eigenvalue weighted by Gasteiger charge is 2.11. The van der Waals surface area contributed by atoms with E-state index >= 15 is 0 Å². The molecule has 0 saturated heterocycles. The lowest BCUT2D eigenvalue weighted by Crippen LogP contribution is -2.06. The summed E-state index contributed by atoms with van der Waals surface area (Å²) in [6, 6.07) is 0. The van der Waals surface area contributed by atoms with Crippen molar-refractivity contribution in [2.24, 2.45) is 5.73 Å². The third-order valence-corrected chi connectivity index (χ3v) is 3.79. The minimum atomic E-state index is 0.783. The summed E-state index contributed by atoms with van der Waals surface area (Å²) in [4.78, 5) is 0. The molecule has 0 aromatic heterocycles. The number of benzene rings is 1. The smallest absolute Gasteiger partial charge is 0.00741 e. The molecule has 1 aromatic carbocycles. The van der Waals surface area contributed by atoms with Crippen LogP contribution in [0.2, 0.25) is 0 Å². The van der Waals surface area contributed by atoms with Crippen molar-refractivity contribution in [2.75, 3.05) is 6.54 Å². The van der Waals surface area contributed by atoms with Gasteiger partial charge >= 0.3 is 0 Å². The lowest BCUT2D eigenvalue weighted by Gasteiger charge is -2.18. The van der Waals surface area contributed by atoms with Crippen LogP contribution in [0.4, 0.5) is 0 Å². The van der Waals surface area contributed by atoms with Crippen LogP contribution in [-0.2, 0) is 6.42 Å². The molecule has 0 unspecified atom stereocenters. The van der Waals surface area contributed by atoms with Gasteiger partial charge in [0.05, 0.1) is 0 Å². The molecule has 0 amide bonds. The standard InChI is InChI=1S/C14H23N/c1-9-10(2)12(4)14(7-6-8-15)13(5)11(9)3/h6-8,15H2,1-5H3. The molecule has 0 aliphatic rings. The van der Waals surface area contributed by atoms with Crippen molar-refractivity contribution in [3.63, 3.8) is 0 Å². The first-order valence-corrected chi connectivity index (χ1v) is 5.76. The third-order valence-electron chi connectivity index (χ3n) is 3.79. The normalized spacial score (nSPS) is 10.8. The third kappa shape index (κ3) is 2.23. The summed E-state index contributed by atoms with van der Waals surface area (Å²) in [5.74, 6) is 0. The van der Waals surface area contributed by atoms with E-state index in [0.717, 1.165) is 19.4 Å². The summed E-state index contributed by atoms with van der Waals surface area (Å²) >= 11 is 0. The molecule has 0 atom stereocenters. The number of rotatable bonds is 3. The van der Waals surface area contributed by atoms with Gasteiger partial charge in [-0.25, -0.2) is 0 Å². The highest BCUT2D eigenvalue weighted by Crippen LogP contribution is 2.26. The van der Waals surface area contributed by atoms with E-state index in [1.54, 1.807) is 0 Å². The Kier molecular flexibility index (Phi) is 3.92. The molecule has 1 rings (SSSR count). The molecule has 0 aliphatic carbocycles. The van der Waals surface area contributed by atoms with Crippen molar-refractivity contribution in [3.8, 4) is 0 Å². The van der Waals surface area contributed by atoms with E-state index in [0.29, 0.717) is 0 Å². The molecule has 0 radical (unpaired) electrons. The van der Waals surface area contributed by atoms with Crippen molar-refractivity contribution in [2.45, 2.75) is 47.5 Å². The van der Waals surface area contributed by atoms with Crippen molar-refractivity contribution < 1.29 is 0 Å². The summed E-state index contributed by atoms with van der Waals surface area (Å²) in [6.45, 7) is 11.9. The van der Waals surface area contributed by atoms with E-state index in [4.69, 9.17) is 5.73 Å². The zero-order valence-electron chi connectivity index (χ0n) is 10.7. The largest absolute Gasteiger partial charge is 0.330 e. The Morgan fingerprint density at radius 1 is 0.733 bits per heavy atom. The average molecular weight is 205 g/mol. The molecule has 15 heavy (non-hydrogen) atoms. The van der Waals surface area contributed by atoms with Crippen LogP contribution in [-0.4, -0.2) is 6.54 Å². The van der Waals surface area contributed by atoms with Crippen LogP contribution >= 0.6 is 0 Å². The Morgan fingerprint density at radius 2 is 1.13 bits per heavy atom. The maximum Gasteiger partial charge on any atom is -0.00741 e. The Labute approximate surface area is 93.7 Å². The van der Waals surface area contributed by atoms with Crippen LogP contribution in [0, 0.1) is 34.6 Å². The number of hydrogen-bond acceptors (Lipinski definition) is 1. The zero-order valence-corrected chi connectivity index (χ0v) is 10.7. The Balaban J connectivity index is 3.26. The Bertz CT molecular complexity index is 335. The van der Waals surface area contributed by atoms with Crippen LogP contribution in [0.3, 0.4) is 0 Å². The SMILES string of the molecule is Cc1c(C)c(C)c(CCCN)c(C)c1C. The summed E-state index contributed by atoms with van der Waals surface area (Å²) in [6.07, 6.45) is 2.21. The molecule has 0 bridgehead atoms. The van der Waals surface area contributed by atoms with Gasteiger partial charge in [-0.2, -0.15) is 0 Å². The Morgan fingerprint density at radius 3 is 1.53 bits per heavy atom. The van der Waals surface area contributed by atoms with Gasteiger partial charge in [0.2, 0.25) is 0 Å². The first-order chi connectivity index (χ1) is 7.00. The molecular formula is C14H23N. The van der Waals surface area contributed by atoms with Crippen molar-refractivity contribution in [3.05, 3.63) is 33.4 Å². The lowest BCUT2D eigenvalue weighted by molar-refractivity contribution is 0.819. The highest BCUT2D eigenvalue weighted by atomic mass is 14.5. The summed E-state index contributed by atoms with van der Waals surface area (Å²) in [5, 5.41) is 0. The van der Waals surface area contributed by atoms with Gasteiger partial charge in [-0.05, 0) is 87.4 Å². The monoisotopic (exact) mass is 205 g/mol. The van der Waals surface area contributed by atoms with Gasteiger partial charge in [-0.3, -0.25) is 0 Å². The van der Waals surface area contributed by atoms with Gasteiger partial charge in [-0.1, -0.05) is 0 Å². The molecule has 1 nitrogen and oxygen atoms in total. The van der Waals surface area contributed by atoms with Crippen molar-refractivity contribution in [1.82, 2.24) is 0 Å². The molecular weight excluding hydrogens is 182 g/mol. The number of nitrogens with two attached hydrogens (primary N) is 1. The highest BCUT2D eigenvalue weighted by molar-refractivity contribution is 5.49. The molecule has 0 heterocycles. The first-order valence-electron chi connectivity index (χ1n) is 5.76. The van der Waals surface area contributed by atoms with Crippen molar-refractivity contribution >= 4 is 0 Å². The second kappa shape index (κ2) is 4.80. The summed E-state index contributed by atoms with van der Waals surface area (Å²) in [5.41, 5.74) is 14.4. The van der Waals surface area contributed by atoms with Crippen molar-refractivity contribution in [1.29, 1.82) is 0 Å². The summed E-state index contributed by atoms with van der Waals surface area (Å²) < 4.78 is 0. The van der Waals surface area contributed by atoms with Crippen LogP contribution < -0.4 is 5.73 Å². The van der Waals surface area contributed by atoms with Gasteiger partial charge in [-0.15, -0.1) is 0 Å². The maximum absolute atomic E-state index is 5.58. The zero-order chi connectivity index (χ0) is 11.6. The molecule has 2 N–H and O–H groups in total.